The number of morpholine rings is 1. The van der Waals surface area contributed by atoms with Gasteiger partial charge in [0.25, 0.3) is 0 Å². The van der Waals surface area contributed by atoms with Gasteiger partial charge >= 0.3 is 6.09 Å². The molecule has 0 unspecified atom stereocenters. The average molecular weight is 388 g/mol. The van der Waals surface area contributed by atoms with Crippen LogP contribution in [0, 0.1) is 0 Å². The number of aromatic nitrogens is 3. The fourth-order valence-electron chi connectivity index (χ4n) is 3.14. The number of rotatable bonds is 4. The van der Waals surface area contributed by atoms with Crippen LogP contribution in [0.5, 0.6) is 0 Å². The van der Waals surface area contributed by atoms with Gasteiger partial charge in [0, 0.05) is 30.2 Å². The smallest absolute Gasteiger partial charge is 0.404 e. The van der Waals surface area contributed by atoms with Crippen molar-refractivity contribution < 1.29 is 14.6 Å². The Balaban J connectivity index is 1.67. The summed E-state index contributed by atoms with van der Waals surface area (Å²) in [4.78, 5) is 17.4. The standard InChI is InChI=1S/C18H18ClN5O3/c19-15-7-12(1-2-13(15)9-20-18(25)26)17-16-8-14(10-24(16)22-11-21-17)23-3-5-27-6-4-23/h1-2,7-8,10-11,20H,3-6,9H2,(H,25,26). The Labute approximate surface area is 160 Å². The Morgan fingerprint density at radius 2 is 2.11 bits per heavy atom. The van der Waals surface area contributed by atoms with E-state index < -0.39 is 6.09 Å². The molecule has 1 saturated heterocycles. The summed E-state index contributed by atoms with van der Waals surface area (Å²) in [6.07, 6.45) is 2.41. The maximum atomic E-state index is 10.7. The first-order valence-corrected chi connectivity index (χ1v) is 8.91. The summed E-state index contributed by atoms with van der Waals surface area (Å²) in [5, 5.41) is 15.9. The molecule has 3 aromatic rings. The molecule has 0 spiro atoms. The van der Waals surface area contributed by atoms with E-state index in [-0.39, 0.29) is 6.54 Å². The molecular weight excluding hydrogens is 370 g/mol. The highest BCUT2D eigenvalue weighted by molar-refractivity contribution is 6.31. The van der Waals surface area contributed by atoms with Crippen molar-refractivity contribution in [3.05, 3.63) is 47.4 Å². The van der Waals surface area contributed by atoms with E-state index in [4.69, 9.17) is 21.4 Å². The molecule has 4 rings (SSSR count). The molecule has 3 heterocycles. The minimum absolute atomic E-state index is 0.153. The average Bonchev–Trinajstić information content (AvgIpc) is 3.12. The fraction of sp³-hybridized carbons (Fsp3) is 0.278. The zero-order chi connectivity index (χ0) is 18.8. The summed E-state index contributed by atoms with van der Waals surface area (Å²) in [7, 11) is 0. The van der Waals surface area contributed by atoms with Crippen LogP contribution in [0.1, 0.15) is 5.56 Å². The van der Waals surface area contributed by atoms with E-state index in [0.29, 0.717) is 23.8 Å². The van der Waals surface area contributed by atoms with Gasteiger partial charge in [-0.25, -0.2) is 14.3 Å². The van der Waals surface area contributed by atoms with Gasteiger partial charge in [-0.05, 0) is 17.7 Å². The second kappa shape index (κ2) is 7.42. The van der Waals surface area contributed by atoms with E-state index in [9.17, 15) is 4.79 Å². The minimum atomic E-state index is -1.09. The zero-order valence-corrected chi connectivity index (χ0v) is 15.2. The monoisotopic (exact) mass is 387 g/mol. The molecule has 1 aliphatic rings. The molecule has 0 aliphatic carbocycles. The third kappa shape index (κ3) is 3.67. The van der Waals surface area contributed by atoms with Crippen molar-refractivity contribution in [3.8, 4) is 11.3 Å². The quantitative estimate of drug-likeness (QED) is 0.715. The van der Waals surface area contributed by atoms with Crippen LogP contribution in [0.2, 0.25) is 5.02 Å². The molecule has 2 N–H and O–H groups in total. The van der Waals surface area contributed by atoms with Gasteiger partial charge in [-0.15, -0.1) is 0 Å². The third-order valence-electron chi connectivity index (χ3n) is 4.52. The van der Waals surface area contributed by atoms with Crippen LogP contribution in [0.25, 0.3) is 16.8 Å². The highest BCUT2D eigenvalue weighted by Crippen LogP contribution is 2.30. The molecule has 2 aromatic heterocycles. The first-order valence-electron chi connectivity index (χ1n) is 8.53. The number of amides is 1. The van der Waals surface area contributed by atoms with Crippen molar-refractivity contribution in [2.45, 2.75) is 6.54 Å². The van der Waals surface area contributed by atoms with Gasteiger partial charge in [0.05, 0.1) is 36.3 Å². The van der Waals surface area contributed by atoms with Crippen LogP contribution < -0.4 is 10.2 Å². The predicted octanol–water partition coefficient (Wildman–Crippen LogP) is 2.65. The highest BCUT2D eigenvalue weighted by Gasteiger charge is 2.16. The van der Waals surface area contributed by atoms with Crippen LogP contribution in [0.15, 0.2) is 36.8 Å². The van der Waals surface area contributed by atoms with Gasteiger partial charge < -0.3 is 20.1 Å². The highest BCUT2D eigenvalue weighted by atomic mass is 35.5. The fourth-order valence-corrected chi connectivity index (χ4v) is 3.39. The summed E-state index contributed by atoms with van der Waals surface area (Å²) < 4.78 is 7.22. The maximum absolute atomic E-state index is 10.7. The molecule has 8 nitrogen and oxygen atoms in total. The molecule has 9 heteroatoms. The molecule has 1 amide bonds. The summed E-state index contributed by atoms with van der Waals surface area (Å²) in [6.45, 7) is 3.27. The molecule has 1 aromatic carbocycles. The topological polar surface area (TPSA) is 92.0 Å². The van der Waals surface area contributed by atoms with Crippen molar-refractivity contribution in [2.75, 3.05) is 31.2 Å². The molecule has 1 aliphatic heterocycles. The molecule has 0 atom stereocenters. The molecule has 0 radical (unpaired) electrons. The Morgan fingerprint density at radius 3 is 2.85 bits per heavy atom. The molecule has 27 heavy (non-hydrogen) atoms. The van der Waals surface area contributed by atoms with Crippen LogP contribution in [-0.2, 0) is 11.3 Å². The number of hydrogen-bond acceptors (Lipinski definition) is 5. The van der Waals surface area contributed by atoms with E-state index in [1.807, 2.05) is 12.3 Å². The zero-order valence-electron chi connectivity index (χ0n) is 14.4. The molecule has 0 bridgehead atoms. The van der Waals surface area contributed by atoms with Crippen LogP contribution in [-0.4, -0.2) is 52.1 Å². The van der Waals surface area contributed by atoms with Gasteiger partial charge in [-0.3, -0.25) is 0 Å². The lowest BCUT2D eigenvalue weighted by atomic mass is 10.1. The Kier molecular flexibility index (Phi) is 4.83. The number of carboxylic acid groups (broad SMARTS) is 1. The number of carbonyl (C=O) groups is 1. The van der Waals surface area contributed by atoms with E-state index in [0.717, 1.165) is 35.6 Å². The van der Waals surface area contributed by atoms with Gasteiger partial charge in [0.1, 0.15) is 6.33 Å². The molecular formula is C18H18ClN5O3. The Bertz CT molecular complexity index is 984. The lowest BCUT2D eigenvalue weighted by Gasteiger charge is -2.27. The van der Waals surface area contributed by atoms with E-state index in [2.05, 4.69) is 26.4 Å². The van der Waals surface area contributed by atoms with E-state index in [1.165, 1.54) is 6.33 Å². The minimum Gasteiger partial charge on any atom is -0.465 e. The number of anilines is 1. The third-order valence-corrected chi connectivity index (χ3v) is 4.88. The summed E-state index contributed by atoms with van der Waals surface area (Å²) >= 11 is 6.34. The number of nitrogens with zero attached hydrogens (tertiary/aromatic N) is 4. The van der Waals surface area contributed by atoms with Gasteiger partial charge in [-0.2, -0.15) is 5.10 Å². The van der Waals surface area contributed by atoms with E-state index in [1.54, 1.807) is 16.6 Å². The van der Waals surface area contributed by atoms with Crippen LogP contribution in [0.3, 0.4) is 0 Å². The van der Waals surface area contributed by atoms with Crippen molar-refractivity contribution in [1.29, 1.82) is 0 Å². The molecule has 140 valence electrons. The maximum Gasteiger partial charge on any atom is 0.404 e. The first-order chi connectivity index (χ1) is 13.1. The first kappa shape index (κ1) is 17.6. The van der Waals surface area contributed by atoms with Crippen molar-refractivity contribution in [3.63, 3.8) is 0 Å². The number of fused-ring (bicyclic) bond motifs is 1. The molecule has 1 fully saturated rings. The van der Waals surface area contributed by atoms with Crippen molar-refractivity contribution >= 4 is 28.9 Å². The van der Waals surface area contributed by atoms with E-state index >= 15 is 0 Å². The number of ether oxygens (including phenoxy) is 1. The number of hydrogen-bond donors (Lipinski definition) is 2. The lowest BCUT2D eigenvalue weighted by molar-refractivity contribution is 0.122. The van der Waals surface area contributed by atoms with Crippen molar-refractivity contribution in [2.24, 2.45) is 0 Å². The largest absolute Gasteiger partial charge is 0.465 e. The van der Waals surface area contributed by atoms with Gasteiger partial charge in [0.15, 0.2) is 0 Å². The summed E-state index contributed by atoms with van der Waals surface area (Å²) in [5.74, 6) is 0. The van der Waals surface area contributed by atoms with Crippen molar-refractivity contribution in [1.82, 2.24) is 19.9 Å². The normalized spacial score (nSPS) is 14.5. The predicted molar refractivity (Wildman–Crippen MR) is 101 cm³/mol. The number of halogens is 1. The van der Waals surface area contributed by atoms with Gasteiger partial charge in [0.2, 0.25) is 0 Å². The molecule has 0 saturated carbocycles. The van der Waals surface area contributed by atoms with Gasteiger partial charge in [-0.1, -0.05) is 23.7 Å². The van der Waals surface area contributed by atoms with Crippen LogP contribution >= 0.6 is 11.6 Å². The second-order valence-corrected chi connectivity index (χ2v) is 6.61. The second-order valence-electron chi connectivity index (χ2n) is 6.20. The van der Waals surface area contributed by atoms with Crippen LogP contribution in [0.4, 0.5) is 10.5 Å². The lowest BCUT2D eigenvalue weighted by Crippen LogP contribution is -2.35. The SMILES string of the molecule is O=C(O)NCc1ccc(-c2ncnn3cc(N4CCOCC4)cc23)cc1Cl. The Morgan fingerprint density at radius 1 is 1.30 bits per heavy atom. The Hall–Kier alpha value is -2.84. The summed E-state index contributed by atoms with van der Waals surface area (Å²) in [6, 6.07) is 7.55. The number of benzene rings is 1. The summed E-state index contributed by atoms with van der Waals surface area (Å²) in [5.41, 5.74) is 4.28. The number of nitrogens with one attached hydrogen (secondary N) is 1.